The minimum atomic E-state index is -4.87. The van der Waals surface area contributed by atoms with Crippen LogP contribution in [0.1, 0.15) is 138 Å². The number of benzene rings is 1. The summed E-state index contributed by atoms with van der Waals surface area (Å²) >= 11 is 0. The Morgan fingerprint density at radius 1 is 1.00 bits per heavy atom. The van der Waals surface area contributed by atoms with E-state index >= 15 is 0 Å². The van der Waals surface area contributed by atoms with Crippen LogP contribution >= 0.6 is 7.82 Å². The number of anilines is 1. The maximum absolute atomic E-state index is 13.2. The van der Waals surface area contributed by atoms with Gasteiger partial charge in [0.05, 0.1) is 42.1 Å². The number of nitrogen functional groups attached to an aromatic ring is 1. The molecule has 2 aromatic heterocycles. The lowest BCUT2D eigenvalue weighted by Crippen LogP contribution is -2.46. The molecule has 314 valence electrons. The van der Waals surface area contributed by atoms with E-state index in [1.165, 1.54) is 106 Å². The number of unbranched alkanes of at least 4 members (excludes halogenated alkanes) is 15. The molecule has 3 heterocycles. The van der Waals surface area contributed by atoms with Crippen molar-refractivity contribution in [2.75, 3.05) is 25.6 Å². The number of rotatable bonds is 27. The van der Waals surface area contributed by atoms with Crippen molar-refractivity contribution >= 4 is 25.1 Å². The number of nitrogens with zero attached hydrogens (tertiary/aromatic N) is 4. The van der Waals surface area contributed by atoms with Crippen LogP contribution in [-0.4, -0.2) is 85.4 Å². The molecule has 1 saturated carbocycles. The number of ether oxygens (including phenoxy) is 2. The van der Waals surface area contributed by atoms with E-state index in [4.69, 9.17) is 24.3 Å². The summed E-state index contributed by atoms with van der Waals surface area (Å²) in [4.78, 5) is 27.8. The predicted molar refractivity (Wildman–Crippen MR) is 214 cm³/mol. The molecule has 1 amide bonds. The van der Waals surface area contributed by atoms with E-state index in [0.29, 0.717) is 17.8 Å². The molecule has 1 aliphatic heterocycles. The number of aliphatic hydroxyl groups is 2. The van der Waals surface area contributed by atoms with Gasteiger partial charge in [-0.3, -0.25) is 13.8 Å². The number of nitrogens with two attached hydrogens (primary N) is 1. The van der Waals surface area contributed by atoms with Gasteiger partial charge in [0.2, 0.25) is 0 Å². The van der Waals surface area contributed by atoms with Crippen LogP contribution in [0.5, 0.6) is 0 Å². The van der Waals surface area contributed by atoms with E-state index in [-0.39, 0.29) is 23.6 Å². The third-order valence-corrected chi connectivity index (χ3v) is 12.1. The fraction of sp³-hybridized carbons (Fsp3) is 0.659. The number of carbonyl (C=O) groups excluding carboxylic acids is 1. The molecule has 1 aromatic carbocycles. The summed E-state index contributed by atoms with van der Waals surface area (Å²) in [7, 11) is -4.87. The van der Waals surface area contributed by atoms with Crippen molar-refractivity contribution in [3.8, 4) is 6.07 Å². The van der Waals surface area contributed by atoms with E-state index in [0.717, 1.165) is 19.3 Å². The van der Waals surface area contributed by atoms with E-state index in [9.17, 15) is 29.7 Å². The van der Waals surface area contributed by atoms with Gasteiger partial charge in [-0.1, -0.05) is 115 Å². The molecule has 6 N–H and O–H groups in total. The molecular formula is C41H61N6O9P. The summed E-state index contributed by atoms with van der Waals surface area (Å²) in [5.74, 6) is -0.364. The van der Waals surface area contributed by atoms with Crippen LogP contribution in [-0.2, 0) is 28.7 Å². The zero-order chi connectivity index (χ0) is 40.9. The Bertz CT molecular complexity index is 1840. The number of hydrogen-bond acceptors (Lipinski definition) is 12. The van der Waals surface area contributed by atoms with Crippen LogP contribution in [0.4, 0.5) is 5.82 Å². The molecule has 2 unspecified atom stereocenters. The molecule has 57 heavy (non-hydrogen) atoms. The Balaban J connectivity index is 1.04. The average Bonchev–Trinajstić information content (AvgIpc) is 3.44. The highest BCUT2D eigenvalue weighted by Crippen LogP contribution is 2.63. The summed E-state index contributed by atoms with van der Waals surface area (Å²) in [5, 5.41) is 39.1. The van der Waals surface area contributed by atoms with Gasteiger partial charge in [0, 0.05) is 6.61 Å². The third-order valence-electron chi connectivity index (χ3n) is 11.2. The van der Waals surface area contributed by atoms with Gasteiger partial charge in [0.15, 0.2) is 11.4 Å². The second-order valence-corrected chi connectivity index (χ2v) is 17.0. The Morgan fingerprint density at radius 3 is 2.21 bits per heavy atom. The van der Waals surface area contributed by atoms with Crippen molar-refractivity contribution < 1.29 is 43.0 Å². The van der Waals surface area contributed by atoms with Crippen LogP contribution in [0.15, 0.2) is 42.7 Å². The molecule has 2 aliphatic rings. The van der Waals surface area contributed by atoms with Crippen molar-refractivity contribution in [3.05, 3.63) is 59.5 Å². The Morgan fingerprint density at radius 2 is 1.61 bits per heavy atom. The minimum absolute atomic E-state index is 0.0330. The maximum Gasteiger partial charge on any atom is 0.472 e. The highest BCUT2D eigenvalue weighted by Gasteiger charge is 2.82. The van der Waals surface area contributed by atoms with Crippen molar-refractivity contribution in [2.45, 2.75) is 152 Å². The van der Waals surface area contributed by atoms with Crippen molar-refractivity contribution in [1.82, 2.24) is 19.9 Å². The molecule has 7 atom stereocenters. The Hall–Kier alpha value is -3.45. The second kappa shape index (κ2) is 21.0. The lowest BCUT2D eigenvalue weighted by molar-refractivity contribution is -0.126. The Labute approximate surface area is 335 Å². The number of phosphoric acid groups is 1. The van der Waals surface area contributed by atoms with Crippen molar-refractivity contribution in [1.29, 1.82) is 5.26 Å². The number of aliphatic hydroxyl groups excluding tert-OH is 1. The molecular weight excluding hydrogens is 751 g/mol. The normalized spacial score (nSPS) is 24.2. The summed E-state index contributed by atoms with van der Waals surface area (Å²) in [6.07, 6.45) is 17.2. The van der Waals surface area contributed by atoms with Gasteiger partial charge >= 0.3 is 7.82 Å². The SMILES string of the molecule is CCCCCCCCCCCCCCCCCCOC[C@H](COP(=O)(O)OC1[C@H]2O[C@@](C)(c3ccc4c(N)ncnn34)[C@H](O)[C@@]12O)NC(=O)c1ccccc1C#N. The van der Waals surface area contributed by atoms with Gasteiger partial charge in [-0.25, -0.2) is 14.1 Å². The van der Waals surface area contributed by atoms with E-state index in [1.807, 2.05) is 6.07 Å². The molecule has 0 spiro atoms. The molecule has 5 rings (SSSR count). The summed E-state index contributed by atoms with van der Waals surface area (Å²) in [5.41, 5.74) is 3.63. The number of amides is 1. The van der Waals surface area contributed by atoms with Gasteiger partial charge in [-0.15, -0.1) is 0 Å². The summed E-state index contributed by atoms with van der Waals surface area (Å²) in [6.45, 7) is 3.72. The first-order valence-electron chi connectivity index (χ1n) is 20.7. The van der Waals surface area contributed by atoms with Crippen molar-refractivity contribution in [2.24, 2.45) is 0 Å². The number of phosphoric ester groups is 1. The van der Waals surface area contributed by atoms with Crippen LogP contribution in [0, 0.1) is 11.3 Å². The zero-order valence-corrected chi connectivity index (χ0v) is 34.3. The molecule has 0 bridgehead atoms. The summed E-state index contributed by atoms with van der Waals surface area (Å²) < 4.78 is 37.2. The number of aromatic nitrogens is 3. The number of nitrogens with one attached hydrogen (secondary N) is 1. The smallest absolute Gasteiger partial charge is 0.386 e. The van der Waals surface area contributed by atoms with Crippen LogP contribution in [0.25, 0.3) is 5.52 Å². The maximum atomic E-state index is 13.2. The monoisotopic (exact) mass is 812 g/mol. The molecule has 1 saturated heterocycles. The molecule has 2 fully saturated rings. The highest BCUT2D eigenvalue weighted by molar-refractivity contribution is 7.47. The van der Waals surface area contributed by atoms with Crippen LogP contribution in [0.3, 0.4) is 0 Å². The second-order valence-electron chi connectivity index (χ2n) is 15.6. The van der Waals surface area contributed by atoms with E-state index < -0.39 is 55.9 Å². The third kappa shape index (κ3) is 11.4. The van der Waals surface area contributed by atoms with Crippen LogP contribution < -0.4 is 11.1 Å². The summed E-state index contributed by atoms with van der Waals surface area (Å²) in [6, 6.07) is 10.7. The van der Waals surface area contributed by atoms with E-state index in [2.05, 4.69) is 22.3 Å². The number of hydrogen-bond donors (Lipinski definition) is 5. The molecule has 16 heteroatoms. The van der Waals surface area contributed by atoms with E-state index in [1.54, 1.807) is 31.2 Å². The zero-order valence-electron chi connectivity index (χ0n) is 33.4. The average molecular weight is 813 g/mol. The standard InChI is InChI=1S/C41H61N6O9P/c1-3-4-5-6-7-8-9-10-11-12-13-14-15-16-17-20-25-53-27-31(46-38(48)32-22-19-18-21-30(32)26-42)28-54-57(51,52)56-36-35-41(36,50)39(49)40(2,55-35)34-24-23-33-37(43)44-29-45-47(33)34/h18-19,21-24,29,31,35-36,39,49-50H,3-17,20,25,27-28H2,1-2H3,(H,46,48)(H,51,52)(H2,43,44,45)/t31-,35-,36?,39+,40+,41+/m1/s1. The molecule has 3 aromatic rings. The lowest BCUT2D eigenvalue weighted by atomic mass is 9.91. The first kappa shape index (κ1) is 44.6. The van der Waals surface area contributed by atoms with Crippen LogP contribution in [0.2, 0.25) is 0 Å². The first-order chi connectivity index (χ1) is 27.5. The Kier molecular flexibility index (Phi) is 16.4. The molecule has 15 nitrogen and oxygen atoms in total. The first-order valence-corrected chi connectivity index (χ1v) is 22.2. The van der Waals surface area contributed by atoms with Gasteiger partial charge in [-0.2, -0.15) is 10.4 Å². The van der Waals surface area contributed by atoms with Gasteiger partial charge in [-0.05, 0) is 37.6 Å². The predicted octanol–water partition coefficient (Wildman–Crippen LogP) is 6.48. The quantitative estimate of drug-likeness (QED) is 0.0411. The molecule has 0 radical (unpaired) electrons. The number of nitriles is 1. The van der Waals surface area contributed by atoms with Crippen molar-refractivity contribution in [3.63, 3.8) is 0 Å². The minimum Gasteiger partial charge on any atom is -0.386 e. The number of carbonyl (C=O) groups is 1. The largest absolute Gasteiger partial charge is 0.472 e. The fourth-order valence-corrected chi connectivity index (χ4v) is 8.74. The molecule has 1 aliphatic carbocycles. The van der Waals surface area contributed by atoms with Gasteiger partial charge < -0.3 is 35.6 Å². The number of fused-ring (bicyclic) bond motifs is 2. The highest BCUT2D eigenvalue weighted by atomic mass is 31.2. The fourth-order valence-electron chi connectivity index (χ4n) is 7.75. The van der Waals surface area contributed by atoms with Gasteiger partial charge in [0.25, 0.3) is 5.91 Å². The lowest BCUT2D eigenvalue weighted by Gasteiger charge is -2.32. The van der Waals surface area contributed by atoms with Gasteiger partial charge in [0.1, 0.15) is 35.8 Å². The topological polar surface area (TPSA) is 224 Å².